The third kappa shape index (κ3) is 7.17. The first-order valence-corrected chi connectivity index (χ1v) is 15.0. The molecule has 1 amide bonds. The van der Waals surface area contributed by atoms with Crippen LogP contribution in [0.3, 0.4) is 0 Å². The van der Waals surface area contributed by atoms with Gasteiger partial charge in [0.2, 0.25) is 15.9 Å². The van der Waals surface area contributed by atoms with Crippen LogP contribution in [0.2, 0.25) is 0 Å². The summed E-state index contributed by atoms with van der Waals surface area (Å²) in [5.41, 5.74) is 1.96. The number of amides is 1. The van der Waals surface area contributed by atoms with Gasteiger partial charge < -0.3 is 15.0 Å². The number of likely N-dealkylation sites (tertiary alicyclic amines) is 1. The fourth-order valence-corrected chi connectivity index (χ4v) is 7.54. The zero-order valence-electron chi connectivity index (χ0n) is 23.3. The van der Waals surface area contributed by atoms with E-state index in [1.54, 1.807) is 12.1 Å². The predicted octanol–water partition coefficient (Wildman–Crippen LogP) is 3.99. The normalized spacial score (nSPS) is 23.2. The fraction of sp³-hybridized carbons (Fsp3) is 0.517. The van der Waals surface area contributed by atoms with Crippen LogP contribution in [-0.4, -0.2) is 86.9 Å². The number of sulfonamides is 1. The van der Waals surface area contributed by atoms with Gasteiger partial charge >= 0.3 is 0 Å². The molecule has 1 unspecified atom stereocenters. The van der Waals surface area contributed by atoms with Gasteiger partial charge in [0.1, 0.15) is 5.75 Å². The molecule has 2 aliphatic heterocycles. The molecule has 1 N–H and O–H groups in total. The highest BCUT2D eigenvalue weighted by Crippen LogP contribution is 2.28. The van der Waals surface area contributed by atoms with Gasteiger partial charge in [-0.2, -0.15) is 4.31 Å². The first-order valence-electron chi connectivity index (χ1n) is 13.5. The van der Waals surface area contributed by atoms with E-state index in [9.17, 15) is 13.2 Å². The molecule has 4 rings (SSSR count). The highest BCUT2D eigenvalue weighted by atomic mass is 32.2. The number of piperazine rings is 1. The number of nitrogens with one attached hydrogen (secondary N) is 1. The van der Waals surface area contributed by atoms with E-state index >= 15 is 0 Å². The smallest absolute Gasteiger partial charge is 0.242 e. The maximum Gasteiger partial charge on any atom is 0.242 e. The summed E-state index contributed by atoms with van der Waals surface area (Å²) in [6.45, 7) is 16.7. The molecule has 0 radical (unpaired) electrons. The number of piperidine rings is 1. The Balaban J connectivity index is 1.35. The lowest BCUT2D eigenvalue weighted by molar-refractivity contribution is -0.118. The van der Waals surface area contributed by atoms with Gasteiger partial charge in [0, 0.05) is 49.4 Å². The number of hydrogen-bond acceptors (Lipinski definition) is 6. The molecule has 0 spiro atoms. The largest absolute Gasteiger partial charge is 0.493 e. The van der Waals surface area contributed by atoms with Crippen LogP contribution in [0.4, 0.5) is 11.4 Å². The second kappa shape index (κ2) is 12.5. The molecule has 2 aromatic rings. The fourth-order valence-electron chi connectivity index (χ4n) is 5.70. The minimum atomic E-state index is -3.77. The van der Waals surface area contributed by atoms with Gasteiger partial charge in [0.05, 0.1) is 24.6 Å². The van der Waals surface area contributed by atoms with E-state index in [4.69, 9.17) is 11.3 Å². The molecule has 9 nitrogen and oxygen atoms in total. The van der Waals surface area contributed by atoms with Crippen molar-refractivity contribution in [2.75, 3.05) is 51.7 Å². The van der Waals surface area contributed by atoms with Gasteiger partial charge in [-0.05, 0) is 71.0 Å². The lowest BCUT2D eigenvalue weighted by Gasteiger charge is -2.43. The van der Waals surface area contributed by atoms with Crippen LogP contribution in [0.25, 0.3) is 4.85 Å². The number of carbonyl (C=O) groups is 1. The van der Waals surface area contributed by atoms with E-state index in [0.717, 1.165) is 30.1 Å². The van der Waals surface area contributed by atoms with Crippen LogP contribution in [0, 0.1) is 19.4 Å². The van der Waals surface area contributed by atoms with E-state index in [-0.39, 0.29) is 35.1 Å². The minimum Gasteiger partial charge on any atom is -0.493 e. The lowest BCUT2D eigenvalue weighted by atomic mass is 9.99. The second-order valence-electron chi connectivity index (χ2n) is 10.9. The molecule has 2 aromatic carbocycles. The van der Waals surface area contributed by atoms with Crippen molar-refractivity contribution in [3.8, 4) is 5.75 Å². The summed E-state index contributed by atoms with van der Waals surface area (Å²) in [6.07, 6.45) is 2.35. The highest BCUT2D eigenvalue weighted by Gasteiger charge is 2.38. The summed E-state index contributed by atoms with van der Waals surface area (Å²) in [5.74, 6) is 1.10. The number of nitrogens with zero attached hydrogens (tertiary/aromatic N) is 4. The number of hydrogen-bond donors (Lipinski definition) is 1. The molecule has 2 fully saturated rings. The van der Waals surface area contributed by atoms with Crippen LogP contribution < -0.4 is 10.1 Å². The highest BCUT2D eigenvalue weighted by molar-refractivity contribution is 7.89. The third-order valence-corrected chi connectivity index (χ3v) is 9.62. The number of anilines is 1. The Labute approximate surface area is 232 Å². The van der Waals surface area contributed by atoms with Crippen molar-refractivity contribution in [3.63, 3.8) is 0 Å². The average Bonchev–Trinajstić information content (AvgIpc) is 2.88. The SMILES string of the molecule is [C-]#[N+]c1cccc(S(=O)(=O)N2[C@H](C)CN(CC(=O)Nc3cc(OCC4CCCN(C)C4)ccc3C)C[C@@H]2C)c1. The molecule has 39 heavy (non-hydrogen) atoms. The number of benzene rings is 2. The molecule has 210 valence electrons. The summed E-state index contributed by atoms with van der Waals surface area (Å²) in [6, 6.07) is 11.2. The van der Waals surface area contributed by atoms with Crippen LogP contribution in [0.1, 0.15) is 32.3 Å². The van der Waals surface area contributed by atoms with Crippen LogP contribution >= 0.6 is 0 Å². The van der Waals surface area contributed by atoms with Gasteiger partial charge in [-0.25, -0.2) is 13.3 Å². The average molecular weight is 554 g/mol. The zero-order valence-corrected chi connectivity index (χ0v) is 24.1. The van der Waals surface area contributed by atoms with E-state index < -0.39 is 10.0 Å². The van der Waals surface area contributed by atoms with Crippen molar-refractivity contribution in [1.29, 1.82) is 0 Å². The third-order valence-electron chi connectivity index (χ3n) is 7.49. The van der Waals surface area contributed by atoms with Crippen molar-refractivity contribution in [1.82, 2.24) is 14.1 Å². The Bertz CT molecular complexity index is 1310. The lowest BCUT2D eigenvalue weighted by Crippen LogP contribution is -2.59. The Morgan fingerprint density at radius 1 is 1.13 bits per heavy atom. The summed E-state index contributed by atoms with van der Waals surface area (Å²) >= 11 is 0. The first-order chi connectivity index (χ1) is 18.6. The summed E-state index contributed by atoms with van der Waals surface area (Å²) < 4.78 is 34.4. The van der Waals surface area contributed by atoms with Gasteiger partial charge in [-0.1, -0.05) is 18.2 Å². The molecule has 3 atom stereocenters. The maximum absolute atomic E-state index is 13.4. The monoisotopic (exact) mass is 553 g/mol. The van der Waals surface area contributed by atoms with E-state index in [2.05, 4.69) is 22.1 Å². The number of rotatable bonds is 8. The van der Waals surface area contributed by atoms with E-state index in [1.165, 1.54) is 29.3 Å². The number of carbonyl (C=O) groups excluding carboxylic acids is 1. The van der Waals surface area contributed by atoms with Crippen molar-refractivity contribution in [2.45, 2.75) is 50.6 Å². The Morgan fingerprint density at radius 2 is 1.87 bits per heavy atom. The molecule has 2 aliphatic rings. The summed E-state index contributed by atoms with van der Waals surface area (Å²) in [7, 11) is -1.63. The van der Waals surface area contributed by atoms with Crippen molar-refractivity contribution < 1.29 is 17.9 Å². The van der Waals surface area contributed by atoms with Crippen LogP contribution in [0.15, 0.2) is 47.4 Å². The summed E-state index contributed by atoms with van der Waals surface area (Å²) in [5, 5.41) is 3.02. The molecule has 0 aliphatic carbocycles. The molecule has 10 heteroatoms. The Hall–Kier alpha value is -2.97. The molecular weight excluding hydrogens is 514 g/mol. The topological polar surface area (TPSA) is 86.5 Å². The van der Waals surface area contributed by atoms with Gasteiger partial charge in [-0.3, -0.25) is 9.69 Å². The minimum absolute atomic E-state index is 0.119. The first kappa shape index (κ1) is 29.0. The number of ether oxygens (including phenoxy) is 1. The van der Waals surface area contributed by atoms with E-state index in [0.29, 0.717) is 25.6 Å². The predicted molar refractivity (Wildman–Crippen MR) is 153 cm³/mol. The Morgan fingerprint density at radius 3 is 2.56 bits per heavy atom. The standard InChI is InChI=1S/C29H39N5O4S/c1-21-11-12-26(38-20-24-8-7-13-32(5)18-24)15-28(21)31-29(35)19-33-16-22(2)34(23(3)17-33)39(36,37)27-10-6-9-25(14-27)30-4/h6,9-12,14-15,22-24H,7-8,13,16-20H2,1-3,5H3,(H,31,35)/t22-,23+,24?. The van der Waals surface area contributed by atoms with Crippen molar-refractivity contribution in [3.05, 3.63) is 59.4 Å². The van der Waals surface area contributed by atoms with Gasteiger partial charge in [-0.15, -0.1) is 0 Å². The maximum atomic E-state index is 13.4. The number of aryl methyl sites for hydroxylation is 1. The van der Waals surface area contributed by atoms with Crippen molar-refractivity contribution in [2.24, 2.45) is 5.92 Å². The molecule has 0 saturated carbocycles. The molecule has 2 heterocycles. The molecule has 2 saturated heterocycles. The molecule has 0 bridgehead atoms. The summed E-state index contributed by atoms with van der Waals surface area (Å²) in [4.78, 5) is 20.8. The van der Waals surface area contributed by atoms with Gasteiger partial charge in [0.15, 0.2) is 5.69 Å². The second-order valence-corrected chi connectivity index (χ2v) is 12.8. The van der Waals surface area contributed by atoms with Crippen LogP contribution in [0.5, 0.6) is 5.75 Å². The zero-order chi connectivity index (χ0) is 28.2. The van der Waals surface area contributed by atoms with Crippen LogP contribution in [-0.2, 0) is 14.8 Å². The Kier molecular flexibility index (Phi) is 9.28. The van der Waals surface area contributed by atoms with E-state index in [1.807, 2.05) is 43.9 Å². The quantitative estimate of drug-likeness (QED) is 0.498. The molecular formula is C29H39N5O4S. The van der Waals surface area contributed by atoms with Gasteiger partial charge in [0.25, 0.3) is 0 Å². The van der Waals surface area contributed by atoms with Crippen molar-refractivity contribution >= 4 is 27.3 Å². The molecule has 0 aromatic heterocycles.